The number of pyridine rings is 1. The van der Waals surface area contributed by atoms with Gasteiger partial charge in [0.1, 0.15) is 40.8 Å². The number of anilines is 1. The van der Waals surface area contributed by atoms with Crippen LogP contribution in [0.5, 0.6) is 11.5 Å². The highest BCUT2D eigenvalue weighted by atomic mass is 19.1. The fraction of sp³-hybridized carbons (Fsp3) is 0.217. The van der Waals surface area contributed by atoms with Gasteiger partial charge in [-0.3, -0.25) is 9.78 Å². The van der Waals surface area contributed by atoms with E-state index in [4.69, 9.17) is 10.5 Å². The van der Waals surface area contributed by atoms with Gasteiger partial charge in [-0.05, 0) is 24.6 Å². The molecule has 13 heteroatoms. The van der Waals surface area contributed by atoms with Gasteiger partial charge in [0, 0.05) is 44.0 Å². The number of carboxylic acid groups (broad SMARTS) is 1. The minimum atomic E-state index is -1.01. The molecule has 0 radical (unpaired) electrons. The largest absolute Gasteiger partial charge is 0.465 e. The molecule has 36 heavy (non-hydrogen) atoms. The van der Waals surface area contributed by atoms with E-state index in [2.05, 4.69) is 25.4 Å². The van der Waals surface area contributed by atoms with E-state index in [1.54, 1.807) is 16.8 Å². The number of nitrogens with zero attached hydrogens (tertiary/aromatic N) is 6. The van der Waals surface area contributed by atoms with Crippen LogP contribution in [0.25, 0.3) is 22.3 Å². The van der Waals surface area contributed by atoms with Gasteiger partial charge in [0.2, 0.25) is 0 Å². The van der Waals surface area contributed by atoms with Crippen molar-refractivity contribution in [2.24, 2.45) is 0 Å². The zero-order valence-corrected chi connectivity index (χ0v) is 19.1. The fourth-order valence-electron chi connectivity index (χ4n) is 4.17. The monoisotopic (exact) mass is 492 g/mol. The van der Waals surface area contributed by atoms with E-state index in [9.17, 15) is 14.7 Å². The Labute approximate surface area is 203 Å². The normalized spacial score (nSPS) is 15.3. The number of carbonyl (C=O) groups excluding carboxylic acids is 1. The number of nitrogen functional groups attached to an aromatic ring is 1. The molecule has 3 aromatic heterocycles. The summed E-state index contributed by atoms with van der Waals surface area (Å²) in [6.45, 7) is 0.586. The molecule has 1 aromatic carbocycles. The molecule has 184 valence electrons. The first-order chi connectivity index (χ1) is 17.4. The maximum atomic E-state index is 15.3. The van der Waals surface area contributed by atoms with E-state index in [0.29, 0.717) is 29.7 Å². The Balaban J connectivity index is 1.50. The molecule has 1 saturated heterocycles. The summed E-state index contributed by atoms with van der Waals surface area (Å²) in [6.07, 6.45) is 2.23. The lowest BCUT2D eigenvalue weighted by atomic mass is 10.1. The summed E-state index contributed by atoms with van der Waals surface area (Å²) in [5, 5.41) is 16.8. The second kappa shape index (κ2) is 9.09. The molecule has 1 aliphatic rings. The van der Waals surface area contributed by atoms with E-state index in [1.807, 2.05) is 0 Å². The quantitative estimate of drug-likeness (QED) is 0.380. The van der Waals surface area contributed by atoms with Gasteiger partial charge in [0.25, 0.3) is 5.91 Å². The predicted molar refractivity (Wildman–Crippen MR) is 126 cm³/mol. The van der Waals surface area contributed by atoms with Crippen molar-refractivity contribution < 1.29 is 23.8 Å². The van der Waals surface area contributed by atoms with Crippen molar-refractivity contribution in [2.45, 2.75) is 12.5 Å². The van der Waals surface area contributed by atoms with Crippen LogP contribution in [-0.4, -0.2) is 66.9 Å². The molecule has 2 amide bonds. The van der Waals surface area contributed by atoms with Gasteiger partial charge in [-0.2, -0.15) is 5.10 Å². The van der Waals surface area contributed by atoms with Crippen molar-refractivity contribution in [3.8, 4) is 22.8 Å². The average Bonchev–Trinajstić information content (AvgIpc) is 3.50. The summed E-state index contributed by atoms with van der Waals surface area (Å²) in [5.74, 6) is -0.356. The van der Waals surface area contributed by atoms with Gasteiger partial charge in [-0.15, -0.1) is 0 Å². The summed E-state index contributed by atoms with van der Waals surface area (Å²) in [4.78, 5) is 36.8. The predicted octanol–water partition coefficient (Wildman–Crippen LogP) is 2.69. The highest BCUT2D eigenvalue weighted by Gasteiger charge is 2.31. The lowest BCUT2D eigenvalue weighted by Gasteiger charge is -2.13. The molecule has 0 unspecified atom stereocenters. The SMILES string of the molecule is CNC(=O)c1cc(Oc2ccc(-c3nn([C@@H]4CCN(C(=O)O)C4)c4ncnc(N)c34)c(F)c2)ccn1. The number of hydrogen-bond donors (Lipinski definition) is 3. The highest BCUT2D eigenvalue weighted by molar-refractivity contribution is 5.98. The fourth-order valence-corrected chi connectivity index (χ4v) is 4.17. The first kappa shape index (κ1) is 23.0. The zero-order chi connectivity index (χ0) is 25.4. The average molecular weight is 492 g/mol. The minimum absolute atomic E-state index is 0.132. The van der Waals surface area contributed by atoms with Crippen LogP contribution < -0.4 is 15.8 Å². The summed E-state index contributed by atoms with van der Waals surface area (Å²) in [7, 11) is 1.49. The lowest BCUT2D eigenvalue weighted by Crippen LogP contribution is -2.27. The minimum Gasteiger partial charge on any atom is -0.465 e. The Hall–Kier alpha value is -4.81. The molecule has 1 aliphatic heterocycles. The molecule has 0 spiro atoms. The first-order valence-corrected chi connectivity index (χ1v) is 11.0. The van der Waals surface area contributed by atoms with E-state index >= 15 is 4.39 Å². The summed E-state index contributed by atoms with van der Waals surface area (Å²) < 4.78 is 22.7. The molecule has 0 saturated carbocycles. The Kier molecular flexibility index (Phi) is 5.80. The van der Waals surface area contributed by atoms with Gasteiger partial charge in [0.05, 0.1) is 11.4 Å². The van der Waals surface area contributed by atoms with E-state index in [-0.39, 0.29) is 47.0 Å². The third kappa shape index (κ3) is 4.10. The second-order valence-electron chi connectivity index (χ2n) is 8.12. The Morgan fingerprint density at radius 3 is 2.72 bits per heavy atom. The number of benzene rings is 1. The van der Waals surface area contributed by atoms with Gasteiger partial charge in [-0.25, -0.2) is 23.8 Å². The van der Waals surface area contributed by atoms with Gasteiger partial charge < -0.3 is 25.8 Å². The molecule has 1 atom stereocenters. The molecule has 4 heterocycles. The molecular weight excluding hydrogens is 471 g/mol. The number of amides is 2. The van der Waals surface area contributed by atoms with E-state index < -0.39 is 11.9 Å². The van der Waals surface area contributed by atoms with Crippen LogP contribution in [0.2, 0.25) is 0 Å². The number of aromatic nitrogens is 5. The number of rotatable bonds is 5. The zero-order valence-electron chi connectivity index (χ0n) is 19.1. The third-order valence-corrected chi connectivity index (χ3v) is 5.92. The number of nitrogens with two attached hydrogens (primary N) is 1. The molecular formula is C23H21FN8O4. The molecule has 12 nitrogen and oxygen atoms in total. The van der Waals surface area contributed by atoms with Crippen LogP contribution in [0.1, 0.15) is 23.0 Å². The standard InChI is InChI=1S/C23H21FN8O4/c1-26-22(33)17-9-14(4-6-27-17)36-13-2-3-15(16(24)8-13)19-18-20(25)28-11-29-21(18)32(30-19)12-5-7-31(10-12)23(34)35/h2-4,6,8-9,11-12H,5,7,10H2,1H3,(H,26,33)(H,34,35)(H2,25,28,29)/t12-/m1/s1. The van der Waals surface area contributed by atoms with E-state index in [0.717, 1.165) is 0 Å². The van der Waals surface area contributed by atoms with Crippen molar-refractivity contribution in [1.82, 2.24) is 34.9 Å². The van der Waals surface area contributed by atoms with Crippen molar-refractivity contribution in [1.29, 1.82) is 0 Å². The molecule has 4 aromatic rings. The van der Waals surface area contributed by atoms with Crippen molar-refractivity contribution in [3.63, 3.8) is 0 Å². The van der Waals surface area contributed by atoms with Crippen molar-refractivity contribution >= 4 is 28.9 Å². The van der Waals surface area contributed by atoms with Crippen LogP contribution in [0.15, 0.2) is 42.9 Å². The smallest absolute Gasteiger partial charge is 0.407 e. The number of nitrogens with one attached hydrogen (secondary N) is 1. The Bertz CT molecular complexity index is 1490. The van der Waals surface area contributed by atoms with Crippen molar-refractivity contribution in [2.75, 3.05) is 25.9 Å². The molecule has 1 fully saturated rings. The van der Waals surface area contributed by atoms with Gasteiger partial charge in [0.15, 0.2) is 5.65 Å². The van der Waals surface area contributed by atoms with Crippen LogP contribution in [0, 0.1) is 5.82 Å². The summed E-state index contributed by atoms with van der Waals surface area (Å²) >= 11 is 0. The maximum absolute atomic E-state index is 15.3. The summed E-state index contributed by atoms with van der Waals surface area (Å²) in [6, 6.07) is 6.97. The maximum Gasteiger partial charge on any atom is 0.407 e. The Morgan fingerprint density at radius 2 is 2.00 bits per heavy atom. The molecule has 5 rings (SSSR count). The number of carbonyl (C=O) groups is 2. The van der Waals surface area contributed by atoms with Gasteiger partial charge in [-0.1, -0.05) is 0 Å². The van der Waals surface area contributed by atoms with Crippen LogP contribution >= 0.6 is 0 Å². The number of fused-ring (bicyclic) bond motifs is 1. The molecule has 0 bridgehead atoms. The second-order valence-corrected chi connectivity index (χ2v) is 8.12. The summed E-state index contributed by atoms with van der Waals surface area (Å²) in [5.41, 5.74) is 7.07. The number of hydrogen-bond acceptors (Lipinski definition) is 8. The highest BCUT2D eigenvalue weighted by Crippen LogP contribution is 2.36. The number of ether oxygens (including phenoxy) is 1. The number of likely N-dealkylation sites (tertiary alicyclic amines) is 1. The Morgan fingerprint density at radius 1 is 1.19 bits per heavy atom. The van der Waals surface area contributed by atoms with Crippen molar-refractivity contribution in [3.05, 3.63) is 54.4 Å². The first-order valence-electron chi connectivity index (χ1n) is 11.0. The lowest BCUT2D eigenvalue weighted by molar-refractivity contribution is 0.0957. The van der Waals surface area contributed by atoms with Crippen LogP contribution in [0.4, 0.5) is 15.0 Å². The van der Waals surface area contributed by atoms with Crippen LogP contribution in [0.3, 0.4) is 0 Å². The van der Waals surface area contributed by atoms with E-state index in [1.165, 1.54) is 42.7 Å². The molecule has 4 N–H and O–H groups in total. The number of halogens is 1. The van der Waals surface area contributed by atoms with Crippen LogP contribution in [-0.2, 0) is 0 Å². The third-order valence-electron chi connectivity index (χ3n) is 5.92. The topological polar surface area (TPSA) is 161 Å². The van der Waals surface area contributed by atoms with Gasteiger partial charge >= 0.3 is 6.09 Å². The molecule has 0 aliphatic carbocycles.